The topological polar surface area (TPSA) is 92.4 Å². The fourth-order valence-corrected chi connectivity index (χ4v) is 2.04. The summed E-state index contributed by atoms with van der Waals surface area (Å²) in [7, 11) is 0. The SMILES string of the molecule is NC[C@H](NC(=O)c1ccc(C#Cc2cccc(F)c2)cc1)C(=O)CO. The first kappa shape index (κ1) is 18.3. The number of halogens is 1. The van der Waals surface area contributed by atoms with Gasteiger partial charge in [-0.1, -0.05) is 17.9 Å². The second-order valence-corrected chi connectivity index (χ2v) is 5.22. The Hall–Kier alpha value is -3.01. The molecule has 1 atom stereocenters. The molecule has 0 saturated heterocycles. The highest BCUT2D eigenvalue weighted by Gasteiger charge is 2.18. The lowest BCUT2D eigenvalue weighted by molar-refractivity contribution is -0.123. The quantitative estimate of drug-likeness (QED) is 0.704. The minimum atomic E-state index is -0.926. The van der Waals surface area contributed by atoms with Gasteiger partial charge in [-0.05, 0) is 42.5 Å². The summed E-state index contributed by atoms with van der Waals surface area (Å²) in [4.78, 5) is 23.5. The van der Waals surface area contributed by atoms with Gasteiger partial charge in [-0.3, -0.25) is 9.59 Å². The number of Topliss-reactive ketones (excluding diaryl/α,β-unsaturated/α-hetero) is 1. The Bertz CT molecular complexity index is 823. The van der Waals surface area contributed by atoms with Crippen LogP contribution in [0.25, 0.3) is 0 Å². The molecule has 25 heavy (non-hydrogen) atoms. The van der Waals surface area contributed by atoms with Gasteiger partial charge >= 0.3 is 0 Å². The van der Waals surface area contributed by atoms with Crippen molar-refractivity contribution in [1.82, 2.24) is 5.32 Å². The molecular weight excluding hydrogens is 323 g/mol. The van der Waals surface area contributed by atoms with Crippen LogP contribution in [0.2, 0.25) is 0 Å². The molecule has 128 valence electrons. The Kier molecular flexibility index (Phi) is 6.40. The number of rotatable bonds is 5. The van der Waals surface area contributed by atoms with Gasteiger partial charge < -0.3 is 16.2 Å². The largest absolute Gasteiger partial charge is 0.388 e. The minimum Gasteiger partial charge on any atom is -0.388 e. The second-order valence-electron chi connectivity index (χ2n) is 5.22. The number of aliphatic hydroxyl groups is 1. The van der Waals surface area contributed by atoms with Crippen molar-refractivity contribution in [2.75, 3.05) is 13.2 Å². The van der Waals surface area contributed by atoms with E-state index in [0.29, 0.717) is 16.7 Å². The van der Waals surface area contributed by atoms with Gasteiger partial charge in [0.2, 0.25) is 0 Å². The standard InChI is InChI=1S/C19H17FN2O3/c20-16-3-1-2-14(10-16)5-4-13-6-8-15(9-7-13)19(25)22-17(11-21)18(24)12-23/h1-3,6-10,17,23H,11-12,21H2,(H,22,25)/t17-/m0/s1. The van der Waals surface area contributed by atoms with E-state index in [-0.39, 0.29) is 12.4 Å². The van der Waals surface area contributed by atoms with Gasteiger partial charge in [0.1, 0.15) is 18.5 Å². The van der Waals surface area contributed by atoms with Gasteiger partial charge in [-0.25, -0.2) is 4.39 Å². The number of amides is 1. The average molecular weight is 340 g/mol. The third-order valence-electron chi connectivity index (χ3n) is 3.41. The van der Waals surface area contributed by atoms with E-state index >= 15 is 0 Å². The van der Waals surface area contributed by atoms with E-state index in [1.807, 2.05) is 0 Å². The molecule has 4 N–H and O–H groups in total. The Morgan fingerprint density at radius 3 is 2.40 bits per heavy atom. The molecule has 0 aliphatic heterocycles. The fraction of sp³-hybridized carbons (Fsp3) is 0.158. The highest BCUT2D eigenvalue weighted by molar-refractivity contribution is 5.98. The van der Waals surface area contributed by atoms with Gasteiger partial charge in [0, 0.05) is 23.2 Å². The second kappa shape index (κ2) is 8.73. The summed E-state index contributed by atoms with van der Waals surface area (Å²) >= 11 is 0. The number of nitrogens with one attached hydrogen (secondary N) is 1. The van der Waals surface area contributed by atoms with E-state index in [1.54, 1.807) is 36.4 Å². The molecule has 0 fully saturated rings. The number of nitrogens with two attached hydrogens (primary N) is 1. The zero-order chi connectivity index (χ0) is 18.2. The molecular formula is C19H17FN2O3. The molecule has 0 unspecified atom stereocenters. The zero-order valence-electron chi connectivity index (χ0n) is 13.3. The first-order valence-electron chi connectivity index (χ1n) is 7.55. The number of benzene rings is 2. The van der Waals surface area contributed by atoms with Gasteiger partial charge in [-0.2, -0.15) is 0 Å². The van der Waals surface area contributed by atoms with Gasteiger partial charge in [0.05, 0.1) is 0 Å². The first-order valence-corrected chi connectivity index (χ1v) is 7.55. The Labute approximate surface area is 144 Å². The summed E-state index contributed by atoms with van der Waals surface area (Å²) in [6, 6.07) is 11.4. The lowest BCUT2D eigenvalue weighted by Gasteiger charge is -2.14. The van der Waals surface area contributed by atoms with Gasteiger partial charge in [-0.15, -0.1) is 0 Å². The molecule has 6 heteroatoms. The molecule has 0 aromatic heterocycles. The summed E-state index contributed by atoms with van der Waals surface area (Å²) < 4.78 is 13.1. The molecule has 2 rings (SSSR count). The van der Waals surface area contributed by atoms with E-state index < -0.39 is 24.3 Å². The van der Waals surface area contributed by atoms with Crippen LogP contribution in [-0.4, -0.2) is 36.0 Å². The van der Waals surface area contributed by atoms with Crippen molar-refractivity contribution in [3.05, 3.63) is 71.0 Å². The zero-order valence-corrected chi connectivity index (χ0v) is 13.3. The van der Waals surface area contributed by atoms with Crippen molar-refractivity contribution >= 4 is 11.7 Å². The maximum absolute atomic E-state index is 13.1. The summed E-state index contributed by atoms with van der Waals surface area (Å²) in [6.45, 7) is -0.779. The van der Waals surface area contributed by atoms with Gasteiger partial charge in [0.15, 0.2) is 5.78 Å². The van der Waals surface area contributed by atoms with Crippen LogP contribution in [0.3, 0.4) is 0 Å². The highest BCUT2D eigenvalue weighted by atomic mass is 19.1. The summed E-state index contributed by atoms with van der Waals surface area (Å²) in [5, 5.41) is 11.3. The van der Waals surface area contributed by atoms with Crippen LogP contribution < -0.4 is 11.1 Å². The molecule has 5 nitrogen and oxygen atoms in total. The van der Waals surface area contributed by atoms with Crippen LogP contribution in [0, 0.1) is 17.7 Å². The Balaban J connectivity index is 2.07. The molecule has 0 radical (unpaired) electrons. The number of hydrogen-bond acceptors (Lipinski definition) is 4. The molecule has 0 heterocycles. The predicted molar refractivity (Wildman–Crippen MR) is 91.2 cm³/mol. The lowest BCUT2D eigenvalue weighted by Crippen LogP contribution is -2.46. The summed E-state index contributed by atoms with van der Waals surface area (Å²) in [5.41, 5.74) is 6.95. The molecule has 2 aromatic carbocycles. The van der Waals surface area contributed by atoms with Crippen LogP contribution in [-0.2, 0) is 4.79 Å². The smallest absolute Gasteiger partial charge is 0.251 e. The monoisotopic (exact) mass is 340 g/mol. The number of hydrogen-bond donors (Lipinski definition) is 3. The molecule has 0 saturated carbocycles. The van der Waals surface area contributed by atoms with Gasteiger partial charge in [0.25, 0.3) is 5.91 Å². The highest BCUT2D eigenvalue weighted by Crippen LogP contribution is 2.06. The maximum Gasteiger partial charge on any atom is 0.251 e. The van der Waals surface area contributed by atoms with Crippen LogP contribution in [0.5, 0.6) is 0 Å². The first-order chi connectivity index (χ1) is 12.0. The van der Waals surface area contributed by atoms with Crippen LogP contribution >= 0.6 is 0 Å². The van der Waals surface area contributed by atoms with E-state index in [4.69, 9.17) is 10.8 Å². The summed E-state index contributed by atoms with van der Waals surface area (Å²) in [5.74, 6) is 4.34. The van der Waals surface area contributed by atoms with Crippen LogP contribution in [0.1, 0.15) is 21.5 Å². The third kappa shape index (κ3) is 5.24. The van der Waals surface area contributed by atoms with Crippen molar-refractivity contribution in [2.24, 2.45) is 5.73 Å². The number of carbonyl (C=O) groups excluding carboxylic acids is 2. The minimum absolute atomic E-state index is 0.0949. The Morgan fingerprint density at radius 1 is 1.12 bits per heavy atom. The molecule has 1 amide bonds. The molecule has 2 aromatic rings. The van der Waals surface area contributed by atoms with Crippen molar-refractivity contribution < 1.29 is 19.1 Å². The van der Waals surface area contributed by atoms with Crippen molar-refractivity contribution in [1.29, 1.82) is 0 Å². The van der Waals surface area contributed by atoms with Crippen molar-refractivity contribution in [3.63, 3.8) is 0 Å². The van der Waals surface area contributed by atoms with Crippen molar-refractivity contribution in [2.45, 2.75) is 6.04 Å². The van der Waals surface area contributed by atoms with E-state index in [9.17, 15) is 14.0 Å². The van der Waals surface area contributed by atoms with E-state index in [0.717, 1.165) is 0 Å². The number of ketones is 1. The number of aliphatic hydroxyl groups excluding tert-OH is 1. The molecule has 0 spiro atoms. The van der Waals surface area contributed by atoms with E-state index in [2.05, 4.69) is 17.2 Å². The normalized spacial score (nSPS) is 11.2. The maximum atomic E-state index is 13.1. The lowest BCUT2D eigenvalue weighted by atomic mass is 10.1. The van der Waals surface area contributed by atoms with Crippen LogP contribution in [0.15, 0.2) is 48.5 Å². The third-order valence-corrected chi connectivity index (χ3v) is 3.41. The molecule has 0 bridgehead atoms. The number of carbonyl (C=O) groups is 2. The summed E-state index contributed by atoms with van der Waals surface area (Å²) in [6.07, 6.45) is 0. The van der Waals surface area contributed by atoms with E-state index in [1.165, 1.54) is 12.1 Å². The predicted octanol–water partition coefficient (Wildman–Crippen LogP) is 0.844. The van der Waals surface area contributed by atoms with Crippen LogP contribution in [0.4, 0.5) is 4.39 Å². The molecule has 0 aliphatic carbocycles. The van der Waals surface area contributed by atoms with Crippen molar-refractivity contribution in [3.8, 4) is 11.8 Å². The Morgan fingerprint density at radius 2 is 1.80 bits per heavy atom. The average Bonchev–Trinajstić information content (AvgIpc) is 2.64. The molecule has 0 aliphatic rings. The fourth-order valence-electron chi connectivity index (χ4n) is 2.04.